The molecule has 0 amide bonds. The summed E-state index contributed by atoms with van der Waals surface area (Å²) in [6.45, 7) is 2.20. The zero-order chi connectivity index (χ0) is 16.2. The van der Waals surface area contributed by atoms with Gasteiger partial charge in [0.25, 0.3) is 0 Å². The molecule has 0 saturated carbocycles. The Morgan fingerprint density at radius 3 is 2.48 bits per heavy atom. The Kier molecular flexibility index (Phi) is 2.90. The lowest BCUT2D eigenvalue weighted by atomic mass is 9.75. The minimum Gasteiger partial charge on any atom is -0.399 e. The van der Waals surface area contributed by atoms with Gasteiger partial charge in [0.05, 0.1) is 5.54 Å². The number of nitrogen functional groups attached to an aromatic ring is 1. The minimum absolute atomic E-state index is 0.253. The van der Waals surface area contributed by atoms with Crippen LogP contribution in [0.25, 0.3) is 0 Å². The summed E-state index contributed by atoms with van der Waals surface area (Å²) < 4.78 is 0. The van der Waals surface area contributed by atoms with Crippen molar-refractivity contribution in [1.29, 1.82) is 0 Å². The van der Waals surface area contributed by atoms with Crippen LogP contribution in [0.15, 0.2) is 72.0 Å². The van der Waals surface area contributed by atoms with Crippen molar-refractivity contribution in [2.45, 2.75) is 18.4 Å². The number of nitrogens with two attached hydrogens (primary N) is 3. The van der Waals surface area contributed by atoms with E-state index in [4.69, 9.17) is 17.2 Å². The standard InChI is InChI=1S/C20H21N3/c1-12-9-15(22)11-18-19(12)16-8-7-14(21)10-17(16)20(18,23)13-5-3-2-4-6-13/h2-12,19H,21-23H2,1H3. The Morgan fingerprint density at radius 1 is 1.00 bits per heavy atom. The lowest BCUT2D eigenvalue weighted by Crippen LogP contribution is -2.39. The Hall–Kier alpha value is -2.52. The zero-order valence-electron chi connectivity index (χ0n) is 13.2. The largest absolute Gasteiger partial charge is 0.399 e. The Balaban J connectivity index is 2.04. The van der Waals surface area contributed by atoms with Crippen LogP contribution >= 0.6 is 0 Å². The van der Waals surface area contributed by atoms with Crippen LogP contribution in [0.4, 0.5) is 5.69 Å². The maximum absolute atomic E-state index is 7.03. The van der Waals surface area contributed by atoms with Gasteiger partial charge in [0.15, 0.2) is 0 Å². The first-order valence-corrected chi connectivity index (χ1v) is 7.95. The molecule has 2 aliphatic rings. The molecule has 0 aliphatic heterocycles. The SMILES string of the molecule is CC1C=C(N)C=C2C1c1ccc(N)cc1C2(N)c1ccccc1. The highest BCUT2D eigenvalue weighted by atomic mass is 14.8. The van der Waals surface area contributed by atoms with E-state index in [9.17, 15) is 0 Å². The molecule has 116 valence electrons. The van der Waals surface area contributed by atoms with E-state index in [0.717, 1.165) is 28.1 Å². The summed E-state index contributed by atoms with van der Waals surface area (Å²) in [5, 5.41) is 0. The van der Waals surface area contributed by atoms with E-state index < -0.39 is 5.54 Å². The van der Waals surface area contributed by atoms with Crippen molar-refractivity contribution in [3.8, 4) is 0 Å². The van der Waals surface area contributed by atoms with E-state index in [-0.39, 0.29) is 5.92 Å². The number of allylic oxidation sites excluding steroid dienone is 2. The van der Waals surface area contributed by atoms with Crippen molar-refractivity contribution in [1.82, 2.24) is 0 Å². The molecule has 23 heavy (non-hydrogen) atoms. The van der Waals surface area contributed by atoms with E-state index in [0.29, 0.717) is 5.92 Å². The second-order valence-corrected chi connectivity index (χ2v) is 6.62. The van der Waals surface area contributed by atoms with Crippen LogP contribution in [0, 0.1) is 5.92 Å². The van der Waals surface area contributed by atoms with Crippen LogP contribution in [-0.4, -0.2) is 0 Å². The fourth-order valence-electron chi connectivity index (χ4n) is 4.18. The molecule has 6 N–H and O–H groups in total. The van der Waals surface area contributed by atoms with Crippen LogP contribution in [0.2, 0.25) is 0 Å². The number of hydrogen-bond acceptors (Lipinski definition) is 3. The molecule has 2 aliphatic carbocycles. The first kappa shape index (κ1) is 14.1. The van der Waals surface area contributed by atoms with Gasteiger partial charge in [-0.25, -0.2) is 0 Å². The first-order chi connectivity index (χ1) is 11.0. The van der Waals surface area contributed by atoms with Gasteiger partial charge in [-0.15, -0.1) is 0 Å². The third-order valence-electron chi connectivity index (χ3n) is 5.16. The zero-order valence-corrected chi connectivity index (χ0v) is 13.2. The van der Waals surface area contributed by atoms with Crippen molar-refractivity contribution >= 4 is 5.69 Å². The molecule has 0 spiro atoms. The number of anilines is 1. The monoisotopic (exact) mass is 303 g/mol. The molecule has 4 rings (SSSR count). The summed E-state index contributed by atoms with van der Waals surface area (Å²) in [4.78, 5) is 0. The van der Waals surface area contributed by atoms with Gasteiger partial charge in [0, 0.05) is 17.3 Å². The maximum Gasteiger partial charge on any atom is 0.0896 e. The summed E-state index contributed by atoms with van der Waals surface area (Å²) >= 11 is 0. The second-order valence-electron chi connectivity index (χ2n) is 6.62. The van der Waals surface area contributed by atoms with Crippen molar-refractivity contribution in [3.63, 3.8) is 0 Å². The lowest BCUT2D eigenvalue weighted by molar-refractivity contribution is 0.552. The van der Waals surface area contributed by atoms with Gasteiger partial charge in [0.1, 0.15) is 0 Å². The van der Waals surface area contributed by atoms with Crippen LogP contribution in [0.3, 0.4) is 0 Å². The minimum atomic E-state index is -0.677. The molecule has 0 bridgehead atoms. The van der Waals surface area contributed by atoms with Crippen molar-refractivity contribution < 1.29 is 0 Å². The summed E-state index contributed by atoms with van der Waals surface area (Å²) in [6, 6.07) is 16.3. The van der Waals surface area contributed by atoms with Crippen molar-refractivity contribution in [2.75, 3.05) is 5.73 Å². The van der Waals surface area contributed by atoms with E-state index >= 15 is 0 Å². The third kappa shape index (κ3) is 1.87. The third-order valence-corrected chi connectivity index (χ3v) is 5.16. The molecular weight excluding hydrogens is 282 g/mol. The van der Waals surface area contributed by atoms with Gasteiger partial charge < -0.3 is 17.2 Å². The van der Waals surface area contributed by atoms with Gasteiger partial charge in [-0.3, -0.25) is 0 Å². The van der Waals surface area contributed by atoms with Gasteiger partial charge >= 0.3 is 0 Å². The topological polar surface area (TPSA) is 78.1 Å². The molecule has 0 radical (unpaired) electrons. The number of benzene rings is 2. The fraction of sp³-hybridized carbons (Fsp3) is 0.200. The predicted molar refractivity (Wildman–Crippen MR) is 94.5 cm³/mol. The lowest BCUT2D eigenvalue weighted by Gasteiger charge is -2.33. The molecule has 0 fully saturated rings. The average molecular weight is 303 g/mol. The molecular formula is C20H21N3. The van der Waals surface area contributed by atoms with Crippen LogP contribution in [0.1, 0.15) is 29.5 Å². The molecule has 2 aromatic carbocycles. The number of hydrogen-bond donors (Lipinski definition) is 3. The molecule has 0 aromatic heterocycles. The Labute approximate surface area is 136 Å². The van der Waals surface area contributed by atoms with Gasteiger partial charge in [0.2, 0.25) is 0 Å². The van der Waals surface area contributed by atoms with E-state index in [2.05, 4.69) is 31.2 Å². The fourth-order valence-corrected chi connectivity index (χ4v) is 4.18. The van der Waals surface area contributed by atoms with Crippen molar-refractivity contribution in [3.05, 3.63) is 88.6 Å². The summed E-state index contributed by atoms with van der Waals surface area (Å²) in [7, 11) is 0. The van der Waals surface area contributed by atoms with E-state index in [1.54, 1.807) is 0 Å². The van der Waals surface area contributed by atoms with Gasteiger partial charge in [-0.05, 0) is 46.4 Å². The smallest absolute Gasteiger partial charge is 0.0896 e. The summed E-state index contributed by atoms with van der Waals surface area (Å²) in [6.07, 6.45) is 4.17. The molecule has 3 unspecified atom stereocenters. The van der Waals surface area contributed by atoms with Crippen LogP contribution in [-0.2, 0) is 5.54 Å². The summed E-state index contributed by atoms with van der Waals surface area (Å²) in [5.74, 6) is 0.564. The number of rotatable bonds is 1. The number of fused-ring (bicyclic) bond motifs is 3. The van der Waals surface area contributed by atoms with E-state index in [1.165, 1.54) is 5.56 Å². The van der Waals surface area contributed by atoms with E-state index in [1.807, 2.05) is 36.4 Å². The normalized spacial score (nSPS) is 28.6. The van der Waals surface area contributed by atoms with Crippen molar-refractivity contribution in [2.24, 2.45) is 17.4 Å². The summed E-state index contributed by atoms with van der Waals surface area (Å²) in [5.41, 5.74) is 24.7. The average Bonchev–Trinajstić information content (AvgIpc) is 2.79. The highest BCUT2D eigenvalue weighted by Gasteiger charge is 2.48. The highest BCUT2D eigenvalue weighted by Crippen LogP contribution is 2.55. The van der Waals surface area contributed by atoms with Crippen LogP contribution < -0.4 is 17.2 Å². The molecule has 0 heterocycles. The molecule has 3 heteroatoms. The predicted octanol–water partition coefficient (Wildman–Crippen LogP) is 2.99. The molecule has 2 aromatic rings. The molecule has 0 saturated heterocycles. The first-order valence-electron chi connectivity index (χ1n) is 7.95. The molecule has 3 atom stereocenters. The Bertz CT molecular complexity index is 835. The second kappa shape index (κ2) is 4.74. The molecule has 3 nitrogen and oxygen atoms in total. The van der Waals surface area contributed by atoms with Gasteiger partial charge in [-0.1, -0.05) is 49.4 Å². The quantitative estimate of drug-likeness (QED) is 0.709. The Morgan fingerprint density at radius 2 is 1.74 bits per heavy atom. The highest BCUT2D eigenvalue weighted by molar-refractivity contribution is 5.66. The van der Waals surface area contributed by atoms with Crippen LogP contribution in [0.5, 0.6) is 0 Å². The maximum atomic E-state index is 7.03. The van der Waals surface area contributed by atoms with Gasteiger partial charge in [-0.2, -0.15) is 0 Å².